The first-order valence-electron chi connectivity index (χ1n) is 11.8. The van der Waals surface area contributed by atoms with Crippen molar-refractivity contribution in [3.8, 4) is 16.9 Å². The summed E-state index contributed by atoms with van der Waals surface area (Å²) < 4.78 is 100. The number of ether oxygens (including phenoxy) is 2. The zero-order valence-electron chi connectivity index (χ0n) is 19.2. The van der Waals surface area contributed by atoms with Gasteiger partial charge < -0.3 is 9.47 Å². The molecule has 0 aromatic heterocycles. The fraction of sp³-hybridized carbons (Fsp3) is 0.538. The van der Waals surface area contributed by atoms with Crippen molar-refractivity contribution in [2.45, 2.75) is 76.9 Å². The van der Waals surface area contributed by atoms with Crippen LogP contribution in [-0.4, -0.2) is 12.7 Å². The molecule has 0 bridgehead atoms. The van der Waals surface area contributed by atoms with E-state index < -0.39 is 52.9 Å². The topological polar surface area (TPSA) is 18.5 Å². The van der Waals surface area contributed by atoms with Gasteiger partial charge in [0.15, 0.2) is 23.9 Å². The highest BCUT2D eigenvalue weighted by Gasteiger charge is 2.45. The minimum Gasteiger partial charge on any atom is -0.491 e. The molecule has 34 heavy (non-hydrogen) atoms. The Labute approximate surface area is 195 Å². The molecule has 2 nitrogen and oxygen atoms in total. The van der Waals surface area contributed by atoms with Crippen LogP contribution in [0.4, 0.5) is 26.3 Å². The Bertz CT molecular complexity index is 1030. The van der Waals surface area contributed by atoms with Crippen molar-refractivity contribution in [3.63, 3.8) is 0 Å². The van der Waals surface area contributed by atoms with Gasteiger partial charge in [-0.15, -0.1) is 0 Å². The molecule has 0 heterocycles. The van der Waals surface area contributed by atoms with Crippen LogP contribution in [0, 0.1) is 17.6 Å². The molecule has 2 aliphatic rings. The van der Waals surface area contributed by atoms with Gasteiger partial charge in [-0.05, 0) is 61.8 Å². The maximum Gasteiger partial charge on any atom is 0.386 e. The van der Waals surface area contributed by atoms with E-state index in [9.17, 15) is 17.6 Å². The van der Waals surface area contributed by atoms with Crippen LogP contribution in [-0.2, 0) is 10.8 Å². The minimum absolute atomic E-state index is 0.0960. The molecule has 2 aromatic carbocycles. The summed E-state index contributed by atoms with van der Waals surface area (Å²) in [7, 11) is 0. The third-order valence-corrected chi connectivity index (χ3v) is 6.84. The summed E-state index contributed by atoms with van der Waals surface area (Å²) in [6.45, 7) is 3.78. The third kappa shape index (κ3) is 4.41. The van der Waals surface area contributed by atoms with E-state index in [1.807, 2.05) is 0 Å². The Morgan fingerprint density at radius 1 is 0.853 bits per heavy atom. The van der Waals surface area contributed by atoms with E-state index in [2.05, 4.69) is 6.92 Å². The highest BCUT2D eigenvalue weighted by atomic mass is 19.3. The molecule has 0 radical (unpaired) electrons. The molecule has 2 atom stereocenters. The predicted octanol–water partition coefficient (Wildman–Crippen LogP) is 8.49. The number of hydrogen-bond acceptors (Lipinski definition) is 2. The molecule has 0 saturated heterocycles. The number of alkyl halides is 4. The summed E-state index contributed by atoms with van der Waals surface area (Å²) in [5.41, 5.74) is -2.87. The van der Waals surface area contributed by atoms with Gasteiger partial charge >= 0.3 is 6.11 Å². The zero-order chi connectivity index (χ0) is 24.6. The van der Waals surface area contributed by atoms with Crippen LogP contribution >= 0.6 is 0 Å². The van der Waals surface area contributed by atoms with Gasteiger partial charge in [0.05, 0.1) is 18.3 Å². The molecule has 0 amide bonds. The predicted molar refractivity (Wildman–Crippen MR) is 116 cm³/mol. The Morgan fingerprint density at radius 2 is 1.44 bits per heavy atom. The van der Waals surface area contributed by atoms with E-state index in [0.29, 0.717) is 18.8 Å². The maximum atomic E-state index is 15.3. The van der Waals surface area contributed by atoms with Gasteiger partial charge in [0, 0.05) is 11.1 Å². The van der Waals surface area contributed by atoms with Crippen LogP contribution in [0.1, 0.15) is 81.4 Å². The molecular weight excluding hydrogens is 458 g/mol. The standard InChI is InChI=1S/C26H28F6O2/c1-3-5-14-6-8-15(9-7-14)34-26(31,32)18-12-10-16-17-11-13-19(33-4-2)23(28)21(17)25(30)24(29)20(16)22(18)27/h10-15,24-25H,3-9H2,1-2H3. The monoisotopic (exact) mass is 486 g/mol. The molecule has 0 aliphatic heterocycles. The van der Waals surface area contributed by atoms with Gasteiger partial charge in [0.2, 0.25) is 0 Å². The highest BCUT2D eigenvalue weighted by Crippen LogP contribution is 2.53. The van der Waals surface area contributed by atoms with Gasteiger partial charge in [0.25, 0.3) is 0 Å². The van der Waals surface area contributed by atoms with E-state index in [4.69, 9.17) is 9.47 Å². The molecule has 8 heteroatoms. The molecule has 2 unspecified atom stereocenters. The summed E-state index contributed by atoms with van der Waals surface area (Å²) in [6.07, 6.45) is -5.58. The number of fused-ring (bicyclic) bond motifs is 3. The molecule has 0 spiro atoms. The fourth-order valence-corrected chi connectivity index (χ4v) is 5.18. The van der Waals surface area contributed by atoms with E-state index >= 15 is 8.78 Å². The lowest BCUT2D eigenvalue weighted by molar-refractivity contribution is -0.279. The van der Waals surface area contributed by atoms with Gasteiger partial charge in [0.1, 0.15) is 5.82 Å². The second-order valence-corrected chi connectivity index (χ2v) is 9.03. The summed E-state index contributed by atoms with van der Waals surface area (Å²) >= 11 is 0. The largest absolute Gasteiger partial charge is 0.491 e. The molecule has 1 saturated carbocycles. The van der Waals surface area contributed by atoms with Crippen molar-refractivity contribution in [3.05, 3.63) is 52.6 Å². The number of rotatable bonds is 7. The molecule has 1 fully saturated rings. The average Bonchev–Trinajstić information content (AvgIpc) is 2.80. The summed E-state index contributed by atoms with van der Waals surface area (Å²) in [5, 5.41) is 0. The Balaban J connectivity index is 1.66. The van der Waals surface area contributed by atoms with Gasteiger partial charge in [-0.3, -0.25) is 0 Å². The van der Waals surface area contributed by atoms with Crippen molar-refractivity contribution in [1.82, 2.24) is 0 Å². The fourth-order valence-electron chi connectivity index (χ4n) is 5.18. The van der Waals surface area contributed by atoms with E-state index in [1.165, 1.54) is 12.1 Å². The molecule has 4 rings (SSSR count). The van der Waals surface area contributed by atoms with Crippen LogP contribution in [0.3, 0.4) is 0 Å². The van der Waals surface area contributed by atoms with Crippen LogP contribution in [0.5, 0.6) is 5.75 Å². The number of benzene rings is 2. The van der Waals surface area contributed by atoms with E-state index in [-0.39, 0.29) is 23.5 Å². The van der Waals surface area contributed by atoms with Crippen LogP contribution in [0.15, 0.2) is 24.3 Å². The summed E-state index contributed by atoms with van der Waals surface area (Å²) in [5.74, 6) is -2.45. The zero-order valence-corrected chi connectivity index (χ0v) is 19.2. The second kappa shape index (κ2) is 9.80. The first kappa shape index (κ1) is 24.9. The lowest BCUT2D eigenvalue weighted by Crippen LogP contribution is -2.31. The number of halogens is 6. The molecule has 186 valence electrons. The second-order valence-electron chi connectivity index (χ2n) is 9.03. The van der Waals surface area contributed by atoms with E-state index in [0.717, 1.165) is 37.8 Å². The van der Waals surface area contributed by atoms with Gasteiger partial charge in [-0.25, -0.2) is 17.6 Å². The molecule has 0 N–H and O–H groups in total. The molecular formula is C26H28F6O2. The van der Waals surface area contributed by atoms with Crippen molar-refractivity contribution in [2.75, 3.05) is 6.61 Å². The molecule has 2 aliphatic carbocycles. The SMILES string of the molecule is CCCC1CCC(OC(F)(F)c2ccc3c(c2F)C(F)C(F)c2c-3ccc(OCC)c2F)CC1. The Morgan fingerprint density at radius 3 is 2.03 bits per heavy atom. The Kier molecular flexibility index (Phi) is 7.17. The third-order valence-electron chi connectivity index (χ3n) is 6.84. The minimum atomic E-state index is -4.02. The Hall–Kier alpha value is -2.22. The first-order valence-corrected chi connectivity index (χ1v) is 11.8. The smallest absolute Gasteiger partial charge is 0.386 e. The first-order chi connectivity index (χ1) is 16.2. The van der Waals surface area contributed by atoms with Crippen molar-refractivity contribution in [2.24, 2.45) is 5.92 Å². The van der Waals surface area contributed by atoms with Crippen molar-refractivity contribution < 1.29 is 35.8 Å². The quantitative estimate of drug-likeness (QED) is 0.365. The van der Waals surface area contributed by atoms with Crippen LogP contribution < -0.4 is 4.74 Å². The van der Waals surface area contributed by atoms with Gasteiger partial charge in [-0.2, -0.15) is 8.78 Å². The van der Waals surface area contributed by atoms with Crippen molar-refractivity contribution >= 4 is 0 Å². The summed E-state index contributed by atoms with van der Waals surface area (Å²) in [4.78, 5) is 0. The van der Waals surface area contributed by atoms with Crippen LogP contribution in [0.2, 0.25) is 0 Å². The lowest BCUT2D eigenvalue weighted by Gasteiger charge is -2.32. The average molecular weight is 486 g/mol. The number of hydrogen-bond donors (Lipinski definition) is 0. The normalized spacial score (nSPS) is 24.5. The van der Waals surface area contributed by atoms with Crippen LogP contribution in [0.25, 0.3) is 11.1 Å². The van der Waals surface area contributed by atoms with Crippen molar-refractivity contribution in [1.29, 1.82) is 0 Å². The lowest BCUT2D eigenvalue weighted by atomic mass is 9.81. The highest BCUT2D eigenvalue weighted by molar-refractivity contribution is 5.76. The van der Waals surface area contributed by atoms with E-state index in [1.54, 1.807) is 6.92 Å². The molecule has 2 aromatic rings. The maximum absolute atomic E-state index is 15.3. The summed E-state index contributed by atoms with van der Waals surface area (Å²) in [6, 6.07) is 4.38. The van der Waals surface area contributed by atoms with Gasteiger partial charge in [-0.1, -0.05) is 31.9 Å².